The van der Waals surface area contributed by atoms with Crippen molar-refractivity contribution in [3.05, 3.63) is 57.6 Å². The van der Waals surface area contributed by atoms with Crippen molar-refractivity contribution < 1.29 is 23.1 Å². The van der Waals surface area contributed by atoms with Crippen molar-refractivity contribution in [2.75, 3.05) is 13.1 Å². The zero-order chi connectivity index (χ0) is 26.4. The third kappa shape index (κ3) is 5.09. The lowest BCUT2D eigenvalue weighted by atomic mass is 9.83. The van der Waals surface area contributed by atoms with Gasteiger partial charge < -0.3 is 9.84 Å². The number of piperidine rings is 1. The molecule has 4 rings (SSSR count). The van der Waals surface area contributed by atoms with Gasteiger partial charge in [-0.05, 0) is 87.8 Å². The Kier molecular flexibility index (Phi) is 7.36. The van der Waals surface area contributed by atoms with E-state index in [0.29, 0.717) is 18.7 Å². The Morgan fingerprint density at radius 1 is 0.917 bits per heavy atom. The van der Waals surface area contributed by atoms with Crippen LogP contribution >= 0.6 is 0 Å². The molecule has 0 aromatic heterocycles. The summed E-state index contributed by atoms with van der Waals surface area (Å²) < 4.78 is 36.3. The summed E-state index contributed by atoms with van der Waals surface area (Å²) in [6, 6.07) is 8.02. The number of nitrogens with zero attached hydrogens (tertiary/aromatic N) is 2. The standard InChI is InChI=1S/C28H38N2O5S/c1-18-10-12-21(13-11-18)24-19(2)22-16-30(36(33,34)29-14-8-7-9-15-29)17-23(22)20(3)25(24)26(27(31)32)35-28(4,5)6/h10-13,26H,7-9,14-17H2,1-6H3,(H,31,32). The first-order chi connectivity index (χ1) is 16.8. The molecule has 2 aliphatic heterocycles. The fraction of sp³-hybridized carbons (Fsp3) is 0.536. The van der Waals surface area contributed by atoms with E-state index in [0.717, 1.165) is 58.2 Å². The Bertz CT molecular complexity index is 1260. The maximum atomic E-state index is 13.5. The van der Waals surface area contributed by atoms with E-state index in [4.69, 9.17) is 4.74 Å². The summed E-state index contributed by atoms with van der Waals surface area (Å²) in [6.07, 6.45) is 1.63. The number of aliphatic carboxylic acids is 1. The van der Waals surface area contributed by atoms with Gasteiger partial charge in [-0.2, -0.15) is 17.0 Å². The van der Waals surface area contributed by atoms with Crippen molar-refractivity contribution in [1.29, 1.82) is 0 Å². The number of hydrogen-bond donors (Lipinski definition) is 1. The van der Waals surface area contributed by atoms with Crippen LogP contribution in [-0.4, -0.2) is 46.8 Å². The van der Waals surface area contributed by atoms with Crippen molar-refractivity contribution in [3.63, 3.8) is 0 Å². The SMILES string of the molecule is Cc1ccc(-c2c(C)c3c(c(C)c2C(OC(C)(C)C)C(=O)O)CN(S(=O)(=O)N2CCCCC2)C3)cc1. The molecule has 2 heterocycles. The number of rotatable bonds is 6. The zero-order valence-electron chi connectivity index (χ0n) is 22.2. The summed E-state index contributed by atoms with van der Waals surface area (Å²) in [5.74, 6) is -1.06. The molecule has 1 atom stereocenters. The van der Waals surface area contributed by atoms with Crippen LogP contribution in [0.15, 0.2) is 24.3 Å². The van der Waals surface area contributed by atoms with Gasteiger partial charge in [0, 0.05) is 31.7 Å². The third-order valence-corrected chi connectivity index (χ3v) is 9.18. The lowest BCUT2D eigenvalue weighted by Crippen LogP contribution is -2.43. The average molecular weight is 515 g/mol. The highest BCUT2D eigenvalue weighted by Gasteiger charge is 2.39. The molecule has 0 radical (unpaired) electrons. The summed E-state index contributed by atoms with van der Waals surface area (Å²) >= 11 is 0. The Hall–Kier alpha value is -2.26. The van der Waals surface area contributed by atoms with Gasteiger partial charge in [-0.3, -0.25) is 0 Å². The van der Waals surface area contributed by atoms with Crippen LogP contribution in [0, 0.1) is 20.8 Å². The molecule has 0 amide bonds. The molecule has 8 heteroatoms. The topological polar surface area (TPSA) is 87.1 Å². The van der Waals surface area contributed by atoms with Crippen LogP contribution in [0.1, 0.15) is 79.5 Å². The van der Waals surface area contributed by atoms with Gasteiger partial charge in [0.15, 0.2) is 6.10 Å². The summed E-state index contributed by atoms with van der Waals surface area (Å²) in [7, 11) is -3.61. The lowest BCUT2D eigenvalue weighted by molar-refractivity contribution is -0.160. The fourth-order valence-electron chi connectivity index (χ4n) is 5.42. The number of aryl methyl sites for hydroxylation is 1. The van der Waals surface area contributed by atoms with Crippen LogP contribution in [0.25, 0.3) is 11.1 Å². The van der Waals surface area contributed by atoms with Gasteiger partial charge in [-0.1, -0.05) is 36.2 Å². The highest BCUT2D eigenvalue weighted by atomic mass is 32.2. The number of ether oxygens (including phenoxy) is 1. The first-order valence-electron chi connectivity index (χ1n) is 12.7. The summed E-state index contributed by atoms with van der Waals surface area (Å²) in [6.45, 7) is 13.1. The Labute approximate surface area is 215 Å². The van der Waals surface area contributed by atoms with E-state index < -0.39 is 27.9 Å². The monoisotopic (exact) mass is 514 g/mol. The van der Waals surface area contributed by atoms with Crippen LogP contribution in [0.2, 0.25) is 0 Å². The van der Waals surface area contributed by atoms with Gasteiger partial charge >= 0.3 is 5.97 Å². The maximum absolute atomic E-state index is 13.5. The minimum absolute atomic E-state index is 0.240. The number of fused-ring (bicyclic) bond motifs is 1. The minimum Gasteiger partial charge on any atom is -0.479 e. The molecule has 7 nitrogen and oxygen atoms in total. The summed E-state index contributed by atoms with van der Waals surface area (Å²) in [4.78, 5) is 12.6. The number of carbonyl (C=O) groups is 1. The van der Waals surface area contributed by atoms with Gasteiger partial charge in [-0.15, -0.1) is 0 Å². The van der Waals surface area contributed by atoms with Gasteiger partial charge in [0.1, 0.15) is 0 Å². The smallest absolute Gasteiger partial charge is 0.337 e. The van der Waals surface area contributed by atoms with Crippen molar-refractivity contribution >= 4 is 16.2 Å². The number of hydrogen-bond acceptors (Lipinski definition) is 4. The number of carboxylic acids is 1. The maximum Gasteiger partial charge on any atom is 0.337 e. The molecular formula is C28H38N2O5S. The van der Waals surface area contributed by atoms with Crippen LogP contribution in [-0.2, 0) is 32.8 Å². The Morgan fingerprint density at radius 2 is 1.47 bits per heavy atom. The fourth-order valence-corrected chi connectivity index (χ4v) is 7.05. The Balaban J connectivity index is 1.89. The van der Waals surface area contributed by atoms with Gasteiger partial charge in [0.25, 0.3) is 10.2 Å². The van der Waals surface area contributed by atoms with Crippen molar-refractivity contribution in [1.82, 2.24) is 8.61 Å². The molecule has 0 aliphatic carbocycles. The second-order valence-corrected chi connectivity index (χ2v) is 13.0. The van der Waals surface area contributed by atoms with E-state index in [-0.39, 0.29) is 13.1 Å². The lowest BCUT2D eigenvalue weighted by Gasteiger charge is -2.30. The second-order valence-electron chi connectivity index (χ2n) is 11.0. The number of carboxylic acid groups (broad SMARTS) is 1. The van der Waals surface area contributed by atoms with E-state index in [1.807, 2.05) is 65.8 Å². The minimum atomic E-state index is -3.61. The van der Waals surface area contributed by atoms with E-state index in [2.05, 4.69) is 0 Å². The molecule has 2 aromatic carbocycles. The molecular weight excluding hydrogens is 476 g/mol. The molecule has 2 aliphatic rings. The zero-order valence-corrected chi connectivity index (χ0v) is 23.0. The molecule has 0 bridgehead atoms. The average Bonchev–Trinajstić information content (AvgIpc) is 3.28. The molecule has 36 heavy (non-hydrogen) atoms. The van der Waals surface area contributed by atoms with E-state index in [1.54, 1.807) is 8.61 Å². The summed E-state index contributed by atoms with van der Waals surface area (Å²) in [5, 5.41) is 10.3. The number of benzene rings is 2. The quantitative estimate of drug-likeness (QED) is 0.568. The second kappa shape index (κ2) is 9.89. The van der Waals surface area contributed by atoms with Crippen LogP contribution in [0.4, 0.5) is 0 Å². The van der Waals surface area contributed by atoms with Crippen molar-refractivity contribution in [2.24, 2.45) is 0 Å². The van der Waals surface area contributed by atoms with Crippen LogP contribution in [0.3, 0.4) is 0 Å². The molecule has 1 saturated heterocycles. The molecule has 2 aromatic rings. The van der Waals surface area contributed by atoms with Gasteiger partial charge in [0.05, 0.1) is 5.60 Å². The largest absolute Gasteiger partial charge is 0.479 e. The van der Waals surface area contributed by atoms with E-state index in [9.17, 15) is 18.3 Å². The molecule has 1 N–H and O–H groups in total. The molecule has 1 fully saturated rings. The van der Waals surface area contributed by atoms with E-state index in [1.165, 1.54) is 0 Å². The van der Waals surface area contributed by atoms with Gasteiger partial charge in [-0.25, -0.2) is 4.79 Å². The van der Waals surface area contributed by atoms with Crippen molar-refractivity contribution in [3.8, 4) is 11.1 Å². The van der Waals surface area contributed by atoms with Crippen LogP contribution in [0.5, 0.6) is 0 Å². The first kappa shape index (κ1) is 26.8. The first-order valence-corrected chi connectivity index (χ1v) is 14.1. The van der Waals surface area contributed by atoms with E-state index >= 15 is 0 Å². The normalized spacial score (nSPS) is 18.3. The predicted molar refractivity (Wildman–Crippen MR) is 141 cm³/mol. The molecule has 0 saturated carbocycles. The molecule has 1 unspecified atom stereocenters. The van der Waals surface area contributed by atoms with Crippen LogP contribution < -0.4 is 0 Å². The molecule has 196 valence electrons. The summed E-state index contributed by atoms with van der Waals surface area (Å²) in [5.41, 5.74) is 6.31. The van der Waals surface area contributed by atoms with Gasteiger partial charge in [0.2, 0.25) is 0 Å². The molecule has 0 spiro atoms. The predicted octanol–water partition coefficient (Wildman–Crippen LogP) is 5.27. The third-order valence-electron chi connectivity index (χ3n) is 7.25. The highest BCUT2D eigenvalue weighted by Crippen LogP contribution is 2.44. The Morgan fingerprint density at radius 3 is 2.00 bits per heavy atom. The highest BCUT2D eigenvalue weighted by molar-refractivity contribution is 7.86. The van der Waals surface area contributed by atoms with Crippen molar-refractivity contribution in [2.45, 2.75) is 85.6 Å².